The van der Waals surface area contributed by atoms with Crippen LogP contribution in [0.5, 0.6) is 0 Å². The van der Waals surface area contributed by atoms with E-state index in [9.17, 15) is 9.59 Å². The van der Waals surface area contributed by atoms with Crippen molar-refractivity contribution < 1.29 is 4.79 Å². The molecule has 0 spiro atoms. The topological polar surface area (TPSA) is 68.1 Å². The highest BCUT2D eigenvalue weighted by molar-refractivity contribution is 5.90. The minimum atomic E-state index is -0.303. The number of rotatable bonds is 3. The van der Waals surface area contributed by atoms with Crippen LogP contribution in [0, 0.1) is 6.92 Å². The van der Waals surface area contributed by atoms with Crippen molar-refractivity contribution in [2.75, 3.05) is 5.32 Å². The molecular weight excluding hydrogens is 292 g/mol. The number of anilines is 1. The van der Waals surface area contributed by atoms with E-state index >= 15 is 0 Å². The number of urea groups is 1. The Hall–Kier alpha value is -2.50. The quantitative estimate of drug-likeness (QED) is 0.914. The van der Waals surface area contributed by atoms with Gasteiger partial charge in [0.05, 0.1) is 11.4 Å². The molecule has 0 atom stereocenters. The van der Waals surface area contributed by atoms with Crippen molar-refractivity contribution in [1.82, 2.24) is 14.7 Å². The molecule has 1 aliphatic rings. The number of nitrogens with zero attached hydrogens (tertiary/aromatic N) is 2. The lowest BCUT2D eigenvalue weighted by Gasteiger charge is -2.12. The highest BCUT2D eigenvalue weighted by Crippen LogP contribution is 2.18. The molecule has 0 unspecified atom stereocenters. The average molecular weight is 314 g/mol. The lowest BCUT2D eigenvalue weighted by atomic mass is 10.2. The van der Waals surface area contributed by atoms with Crippen molar-refractivity contribution >= 4 is 11.7 Å². The molecule has 122 valence electrons. The number of hydrogen-bond acceptors (Lipinski definition) is 2. The van der Waals surface area contributed by atoms with Crippen LogP contribution in [-0.4, -0.2) is 21.4 Å². The van der Waals surface area contributed by atoms with Crippen LogP contribution < -0.4 is 16.2 Å². The molecule has 1 aromatic carbocycles. The summed E-state index contributed by atoms with van der Waals surface area (Å²) in [5.74, 6) is 0. The zero-order valence-corrected chi connectivity index (χ0v) is 13.5. The molecule has 1 saturated carbocycles. The second kappa shape index (κ2) is 6.32. The summed E-state index contributed by atoms with van der Waals surface area (Å²) < 4.78 is 3.31. The minimum Gasteiger partial charge on any atom is -0.335 e. The van der Waals surface area contributed by atoms with Crippen LogP contribution >= 0.6 is 0 Å². The molecule has 1 aromatic heterocycles. The van der Waals surface area contributed by atoms with Gasteiger partial charge in [-0.25, -0.2) is 9.48 Å². The summed E-state index contributed by atoms with van der Waals surface area (Å²) in [6.07, 6.45) is 4.32. The molecule has 1 heterocycles. The first-order valence-electron chi connectivity index (χ1n) is 7.99. The normalized spacial score (nSPS) is 14.9. The maximum atomic E-state index is 12.7. The Bertz CT molecular complexity index is 755. The predicted molar refractivity (Wildman–Crippen MR) is 90.2 cm³/mol. The molecule has 23 heavy (non-hydrogen) atoms. The molecule has 1 fully saturated rings. The van der Waals surface area contributed by atoms with Gasteiger partial charge in [-0.3, -0.25) is 9.48 Å². The van der Waals surface area contributed by atoms with Gasteiger partial charge in [0.1, 0.15) is 5.69 Å². The third-order valence-corrected chi connectivity index (χ3v) is 4.48. The van der Waals surface area contributed by atoms with Gasteiger partial charge in [-0.1, -0.05) is 31.0 Å². The van der Waals surface area contributed by atoms with E-state index in [1.165, 1.54) is 0 Å². The van der Waals surface area contributed by atoms with E-state index in [4.69, 9.17) is 0 Å². The number of aromatic nitrogens is 2. The van der Waals surface area contributed by atoms with Crippen LogP contribution in [0.2, 0.25) is 0 Å². The van der Waals surface area contributed by atoms with E-state index in [2.05, 4.69) is 10.6 Å². The van der Waals surface area contributed by atoms with Crippen LogP contribution in [0.15, 0.2) is 35.1 Å². The van der Waals surface area contributed by atoms with Crippen LogP contribution in [0.1, 0.15) is 31.4 Å². The van der Waals surface area contributed by atoms with Gasteiger partial charge in [0.25, 0.3) is 5.56 Å². The zero-order valence-electron chi connectivity index (χ0n) is 13.5. The number of hydrogen-bond donors (Lipinski definition) is 2. The van der Waals surface area contributed by atoms with Gasteiger partial charge >= 0.3 is 6.03 Å². The molecule has 0 radical (unpaired) electrons. The highest BCUT2D eigenvalue weighted by atomic mass is 16.2. The summed E-state index contributed by atoms with van der Waals surface area (Å²) in [5.41, 5.74) is 1.59. The van der Waals surface area contributed by atoms with Gasteiger partial charge < -0.3 is 10.6 Å². The Morgan fingerprint density at radius 1 is 1.17 bits per heavy atom. The van der Waals surface area contributed by atoms with Crippen LogP contribution in [0.3, 0.4) is 0 Å². The van der Waals surface area contributed by atoms with Gasteiger partial charge in [0, 0.05) is 13.1 Å². The summed E-state index contributed by atoms with van der Waals surface area (Å²) >= 11 is 0. The molecule has 6 heteroatoms. The molecule has 6 nitrogen and oxygen atoms in total. The molecule has 0 aliphatic heterocycles. The fraction of sp³-hybridized carbons (Fsp3) is 0.412. The smallest absolute Gasteiger partial charge is 0.319 e. The van der Waals surface area contributed by atoms with Gasteiger partial charge in [0.2, 0.25) is 0 Å². The van der Waals surface area contributed by atoms with Crippen molar-refractivity contribution in [3.63, 3.8) is 0 Å². The van der Waals surface area contributed by atoms with Crippen molar-refractivity contribution in [2.45, 2.75) is 38.6 Å². The standard InChI is InChI=1S/C17H22N4O2/c1-12-15(19-17(23)18-13-8-6-7-9-13)16(22)21(20(12)2)14-10-4-3-5-11-14/h3-5,10-11,13H,6-9H2,1-2H3,(H2,18,19,23). The van der Waals surface area contributed by atoms with Gasteiger partial charge in [-0.2, -0.15) is 0 Å². The SMILES string of the molecule is Cc1c(NC(=O)NC2CCCC2)c(=O)n(-c2ccccc2)n1C. The van der Waals surface area contributed by atoms with Crippen molar-refractivity contribution in [2.24, 2.45) is 7.05 Å². The lowest BCUT2D eigenvalue weighted by Crippen LogP contribution is -2.37. The van der Waals surface area contributed by atoms with Crippen molar-refractivity contribution in [3.05, 3.63) is 46.4 Å². The summed E-state index contributed by atoms with van der Waals surface area (Å²) in [7, 11) is 1.81. The van der Waals surface area contributed by atoms with E-state index in [0.717, 1.165) is 37.1 Å². The maximum absolute atomic E-state index is 12.7. The molecule has 0 bridgehead atoms. The first-order valence-corrected chi connectivity index (χ1v) is 7.99. The summed E-state index contributed by atoms with van der Waals surface area (Å²) in [6, 6.07) is 9.30. The van der Waals surface area contributed by atoms with Gasteiger partial charge in [-0.05, 0) is 31.9 Å². The molecule has 3 rings (SSSR count). The molecule has 2 aromatic rings. The van der Waals surface area contributed by atoms with Gasteiger partial charge in [-0.15, -0.1) is 0 Å². The number of carbonyl (C=O) groups is 1. The van der Waals surface area contributed by atoms with Crippen LogP contribution in [-0.2, 0) is 7.05 Å². The first kappa shape index (κ1) is 15.4. The van der Waals surface area contributed by atoms with Crippen molar-refractivity contribution in [1.29, 1.82) is 0 Å². The fourth-order valence-corrected chi connectivity index (χ4v) is 3.12. The Kier molecular flexibility index (Phi) is 4.23. The number of para-hydroxylation sites is 1. The summed E-state index contributed by atoms with van der Waals surface area (Å²) in [6.45, 7) is 1.83. The van der Waals surface area contributed by atoms with Gasteiger partial charge in [0.15, 0.2) is 0 Å². The zero-order chi connectivity index (χ0) is 16.4. The highest BCUT2D eigenvalue weighted by Gasteiger charge is 2.21. The first-order chi connectivity index (χ1) is 11.1. The Labute approximate surface area is 135 Å². The largest absolute Gasteiger partial charge is 0.335 e. The maximum Gasteiger partial charge on any atom is 0.319 e. The number of benzene rings is 1. The second-order valence-electron chi connectivity index (χ2n) is 6.02. The van der Waals surface area contributed by atoms with E-state index in [1.807, 2.05) is 44.3 Å². The molecule has 2 amide bonds. The summed E-state index contributed by atoms with van der Waals surface area (Å²) in [4.78, 5) is 24.8. The number of carbonyl (C=O) groups excluding carboxylic acids is 1. The Morgan fingerprint density at radius 2 is 1.83 bits per heavy atom. The monoisotopic (exact) mass is 314 g/mol. The molecule has 0 saturated heterocycles. The van der Waals surface area contributed by atoms with Crippen LogP contribution in [0.25, 0.3) is 5.69 Å². The molecule has 2 N–H and O–H groups in total. The molecular formula is C17H22N4O2. The number of nitrogens with one attached hydrogen (secondary N) is 2. The number of amides is 2. The lowest BCUT2D eigenvalue weighted by molar-refractivity contribution is 0.248. The fourth-order valence-electron chi connectivity index (χ4n) is 3.12. The second-order valence-corrected chi connectivity index (χ2v) is 6.02. The van der Waals surface area contributed by atoms with Crippen molar-refractivity contribution in [3.8, 4) is 5.69 Å². The summed E-state index contributed by atoms with van der Waals surface area (Å²) in [5, 5.41) is 5.67. The average Bonchev–Trinajstić information content (AvgIpc) is 3.12. The third-order valence-electron chi connectivity index (χ3n) is 4.48. The van der Waals surface area contributed by atoms with E-state index < -0.39 is 0 Å². The Morgan fingerprint density at radius 3 is 2.48 bits per heavy atom. The van der Waals surface area contributed by atoms with Crippen LogP contribution in [0.4, 0.5) is 10.5 Å². The Balaban J connectivity index is 1.85. The van der Waals surface area contributed by atoms with E-state index in [1.54, 1.807) is 9.36 Å². The van der Waals surface area contributed by atoms with E-state index in [0.29, 0.717) is 5.69 Å². The van der Waals surface area contributed by atoms with E-state index in [-0.39, 0.29) is 17.6 Å². The third kappa shape index (κ3) is 3.02. The minimum absolute atomic E-state index is 0.218. The molecule has 1 aliphatic carbocycles. The predicted octanol–water partition coefficient (Wildman–Crippen LogP) is 2.55.